The average molecular weight is 255 g/mol. The number of hydrogen-bond donors (Lipinski definition) is 1. The van der Waals surface area contributed by atoms with Gasteiger partial charge >= 0.3 is 0 Å². The van der Waals surface area contributed by atoms with Crippen molar-refractivity contribution < 1.29 is 4.74 Å². The van der Waals surface area contributed by atoms with Gasteiger partial charge in [0.1, 0.15) is 11.6 Å². The third-order valence-electron chi connectivity index (χ3n) is 1.55. The van der Waals surface area contributed by atoms with Gasteiger partial charge in [-0.15, -0.1) is 6.42 Å². The molecule has 4 heteroatoms. The van der Waals surface area contributed by atoms with E-state index in [1.807, 2.05) is 0 Å². The number of pyridine rings is 1. The van der Waals surface area contributed by atoms with Gasteiger partial charge in [-0.2, -0.15) is 0 Å². The van der Waals surface area contributed by atoms with E-state index in [4.69, 9.17) is 16.9 Å². The van der Waals surface area contributed by atoms with Crippen molar-refractivity contribution in [2.24, 2.45) is 0 Å². The van der Waals surface area contributed by atoms with Crippen LogP contribution in [0.4, 0.5) is 5.82 Å². The van der Waals surface area contributed by atoms with Gasteiger partial charge in [-0.1, -0.05) is 5.92 Å². The van der Waals surface area contributed by atoms with Crippen LogP contribution in [0.3, 0.4) is 0 Å². The first-order chi connectivity index (χ1) is 6.44. The van der Waals surface area contributed by atoms with Gasteiger partial charge < -0.3 is 10.5 Å². The van der Waals surface area contributed by atoms with Gasteiger partial charge in [-0.05, 0) is 29.8 Å². The third-order valence-corrected chi connectivity index (χ3v) is 2.15. The van der Waals surface area contributed by atoms with Gasteiger partial charge in [-0.25, -0.2) is 4.98 Å². The predicted molar refractivity (Wildman–Crippen MR) is 59.9 cm³/mol. The number of anilines is 1. The molecule has 14 heavy (non-hydrogen) atoms. The number of aromatic nitrogens is 1. The number of hydrogen-bond acceptors (Lipinski definition) is 3. The lowest BCUT2D eigenvalue weighted by Gasteiger charge is -2.20. The van der Waals surface area contributed by atoms with Crippen LogP contribution in [0.2, 0.25) is 0 Å². The van der Waals surface area contributed by atoms with Crippen LogP contribution in [-0.4, -0.2) is 10.6 Å². The lowest BCUT2D eigenvalue weighted by molar-refractivity contribution is 0.171. The number of rotatable bonds is 2. The van der Waals surface area contributed by atoms with Crippen molar-refractivity contribution in [2.45, 2.75) is 19.4 Å². The molecule has 0 aromatic carbocycles. The minimum absolute atomic E-state index is 0.399. The standard InChI is InChI=1S/C10H11BrN2O/c1-4-10(2,3)14-8-5-9(12)13-6-7(8)11/h1,5-6H,2-3H3,(H2,12,13). The van der Waals surface area contributed by atoms with Crippen molar-refractivity contribution in [1.82, 2.24) is 4.98 Å². The SMILES string of the molecule is C#CC(C)(C)Oc1cc(N)ncc1Br. The molecule has 0 aliphatic heterocycles. The Morgan fingerprint density at radius 1 is 1.64 bits per heavy atom. The Bertz CT molecular complexity index is 382. The van der Waals surface area contributed by atoms with Gasteiger partial charge in [0.2, 0.25) is 0 Å². The molecule has 1 heterocycles. The molecule has 0 aliphatic carbocycles. The zero-order chi connectivity index (χ0) is 10.8. The van der Waals surface area contributed by atoms with Gasteiger partial charge in [0.15, 0.2) is 5.60 Å². The highest BCUT2D eigenvalue weighted by molar-refractivity contribution is 9.10. The first kappa shape index (κ1) is 10.9. The molecule has 0 fully saturated rings. The van der Waals surface area contributed by atoms with E-state index in [1.165, 1.54) is 0 Å². The minimum atomic E-state index is -0.656. The molecule has 3 nitrogen and oxygen atoms in total. The molecule has 0 unspecified atom stereocenters. The molecule has 0 radical (unpaired) electrons. The molecule has 0 aliphatic rings. The number of nitrogens with two attached hydrogens (primary N) is 1. The molecular weight excluding hydrogens is 244 g/mol. The fourth-order valence-electron chi connectivity index (χ4n) is 0.818. The van der Waals surface area contributed by atoms with E-state index >= 15 is 0 Å². The highest BCUT2D eigenvalue weighted by Gasteiger charge is 2.17. The molecular formula is C10H11BrN2O. The molecule has 0 bridgehead atoms. The molecule has 1 rings (SSSR count). The van der Waals surface area contributed by atoms with Gasteiger partial charge in [0.25, 0.3) is 0 Å². The van der Waals surface area contributed by atoms with Crippen molar-refractivity contribution in [1.29, 1.82) is 0 Å². The molecule has 0 spiro atoms. The summed E-state index contributed by atoms with van der Waals surface area (Å²) in [6.07, 6.45) is 6.89. The van der Waals surface area contributed by atoms with E-state index in [-0.39, 0.29) is 0 Å². The monoisotopic (exact) mass is 254 g/mol. The Morgan fingerprint density at radius 3 is 2.86 bits per heavy atom. The van der Waals surface area contributed by atoms with E-state index in [1.54, 1.807) is 26.1 Å². The summed E-state index contributed by atoms with van der Waals surface area (Å²) >= 11 is 3.30. The minimum Gasteiger partial charge on any atom is -0.474 e. The normalized spacial score (nSPS) is 10.7. The van der Waals surface area contributed by atoms with Crippen LogP contribution in [0, 0.1) is 12.3 Å². The van der Waals surface area contributed by atoms with Gasteiger partial charge in [-0.3, -0.25) is 0 Å². The Morgan fingerprint density at radius 2 is 2.29 bits per heavy atom. The van der Waals surface area contributed by atoms with E-state index in [0.717, 1.165) is 4.47 Å². The summed E-state index contributed by atoms with van der Waals surface area (Å²) < 4.78 is 6.29. The average Bonchev–Trinajstić information content (AvgIpc) is 2.11. The molecule has 0 amide bonds. The Kier molecular flexibility index (Phi) is 3.02. The molecule has 1 aromatic rings. The second kappa shape index (κ2) is 3.89. The lowest BCUT2D eigenvalue weighted by atomic mass is 10.1. The predicted octanol–water partition coefficient (Wildman–Crippen LogP) is 2.22. The summed E-state index contributed by atoms with van der Waals surface area (Å²) in [6, 6.07) is 1.63. The van der Waals surface area contributed by atoms with Crippen molar-refractivity contribution >= 4 is 21.7 Å². The van der Waals surface area contributed by atoms with E-state index in [0.29, 0.717) is 11.6 Å². The zero-order valence-corrected chi connectivity index (χ0v) is 9.63. The summed E-state index contributed by atoms with van der Waals surface area (Å²) in [5.74, 6) is 3.53. The summed E-state index contributed by atoms with van der Waals surface area (Å²) in [5.41, 5.74) is 4.87. The van der Waals surface area contributed by atoms with Crippen molar-refractivity contribution in [3.8, 4) is 18.1 Å². The Labute approximate surface area is 91.8 Å². The molecule has 0 atom stereocenters. The van der Waals surface area contributed by atoms with Crippen LogP contribution < -0.4 is 10.5 Å². The highest BCUT2D eigenvalue weighted by atomic mass is 79.9. The number of halogens is 1. The first-order valence-corrected chi connectivity index (χ1v) is 4.82. The number of ether oxygens (including phenoxy) is 1. The summed E-state index contributed by atoms with van der Waals surface area (Å²) in [5, 5.41) is 0. The highest BCUT2D eigenvalue weighted by Crippen LogP contribution is 2.28. The first-order valence-electron chi connectivity index (χ1n) is 4.02. The third kappa shape index (κ3) is 2.64. The zero-order valence-electron chi connectivity index (χ0n) is 8.04. The summed E-state index contributed by atoms with van der Waals surface area (Å²) in [6.45, 7) is 3.60. The largest absolute Gasteiger partial charge is 0.474 e. The fraction of sp³-hybridized carbons (Fsp3) is 0.300. The maximum absolute atomic E-state index is 5.56. The second-order valence-electron chi connectivity index (χ2n) is 3.30. The fourth-order valence-corrected chi connectivity index (χ4v) is 1.12. The van der Waals surface area contributed by atoms with Crippen molar-refractivity contribution in [3.05, 3.63) is 16.7 Å². The maximum Gasteiger partial charge on any atom is 0.163 e. The van der Waals surface area contributed by atoms with Crippen LogP contribution in [0.25, 0.3) is 0 Å². The lowest BCUT2D eigenvalue weighted by Crippen LogP contribution is -2.25. The number of terminal acetylenes is 1. The molecule has 0 saturated carbocycles. The number of nitrogen functional groups attached to an aromatic ring is 1. The van der Waals surface area contributed by atoms with Crippen LogP contribution in [0.5, 0.6) is 5.75 Å². The molecule has 2 N–H and O–H groups in total. The van der Waals surface area contributed by atoms with Gasteiger partial charge in [0.05, 0.1) is 4.47 Å². The van der Waals surface area contributed by atoms with E-state index in [9.17, 15) is 0 Å². The topological polar surface area (TPSA) is 48.1 Å². The quantitative estimate of drug-likeness (QED) is 0.824. The molecule has 0 saturated heterocycles. The Balaban J connectivity index is 2.98. The number of nitrogens with zero attached hydrogens (tertiary/aromatic N) is 1. The molecule has 74 valence electrons. The summed E-state index contributed by atoms with van der Waals surface area (Å²) in [4.78, 5) is 3.89. The smallest absolute Gasteiger partial charge is 0.163 e. The van der Waals surface area contributed by atoms with Crippen LogP contribution in [0.1, 0.15) is 13.8 Å². The van der Waals surface area contributed by atoms with Crippen LogP contribution >= 0.6 is 15.9 Å². The van der Waals surface area contributed by atoms with Crippen molar-refractivity contribution in [2.75, 3.05) is 5.73 Å². The summed E-state index contributed by atoms with van der Waals surface area (Å²) in [7, 11) is 0. The van der Waals surface area contributed by atoms with E-state index in [2.05, 4.69) is 26.8 Å². The van der Waals surface area contributed by atoms with Crippen molar-refractivity contribution in [3.63, 3.8) is 0 Å². The Hall–Kier alpha value is -1.21. The van der Waals surface area contributed by atoms with E-state index < -0.39 is 5.60 Å². The molecule has 1 aromatic heterocycles. The van der Waals surface area contributed by atoms with Crippen LogP contribution in [0.15, 0.2) is 16.7 Å². The van der Waals surface area contributed by atoms with Gasteiger partial charge in [0, 0.05) is 12.3 Å². The second-order valence-corrected chi connectivity index (χ2v) is 4.15. The van der Waals surface area contributed by atoms with Crippen LogP contribution in [-0.2, 0) is 0 Å². The maximum atomic E-state index is 5.56.